The van der Waals surface area contributed by atoms with Gasteiger partial charge in [0.05, 0.1) is 0 Å². The van der Waals surface area contributed by atoms with Gasteiger partial charge in [0.15, 0.2) is 0 Å². The first-order chi connectivity index (χ1) is 8.11. The van der Waals surface area contributed by atoms with E-state index in [1.165, 1.54) is 12.1 Å². The fourth-order valence-electron chi connectivity index (χ4n) is 1.73. The van der Waals surface area contributed by atoms with Gasteiger partial charge in [0.2, 0.25) is 0 Å². The molecule has 1 aromatic carbocycles. The molecule has 96 valence electrons. The zero-order chi connectivity index (χ0) is 12.7. The van der Waals surface area contributed by atoms with Gasteiger partial charge in [-0.3, -0.25) is 0 Å². The summed E-state index contributed by atoms with van der Waals surface area (Å²) in [5.74, 6) is -0.201. The SMILES string of the molecule is COCCC(N)CN(C)Cc1ccc(F)cc1. The van der Waals surface area contributed by atoms with Gasteiger partial charge in [0, 0.05) is 32.8 Å². The molecule has 1 rings (SSSR count). The van der Waals surface area contributed by atoms with Gasteiger partial charge in [-0.05, 0) is 31.2 Å². The predicted octanol–water partition coefficient (Wildman–Crippen LogP) is 1.62. The van der Waals surface area contributed by atoms with Crippen LogP contribution in [0.25, 0.3) is 0 Å². The molecule has 0 saturated heterocycles. The smallest absolute Gasteiger partial charge is 0.123 e. The van der Waals surface area contributed by atoms with Crippen molar-refractivity contribution in [1.82, 2.24) is 4.90 Å². The van der Waals surface area contributed by atoms with Crippen molar-refractivity contribution in [2.45, 2.75) is 19.0 Å². The van der Waals surface area contributed by atoms with Gasteiger partial charge < -0.3 is 15.4 Å². The van der Waals surface area contributed by atoms with Crippen LogP contribution in [0.5, 0.6) is 0 Å². The lowest BCUT2D eigenvalue weighted by Gasteiger charge is -2.21. The Morgan fingerprint density at radius 3 is 2.59 bits per heavy atom. The zero-order valence-corrected chi connectivity index (χ0v) is 10.5. The summed E-state index contributed by atoms with van der Waals surface area (Å²) in [7, 11) is 3.69. The minimum Gasteiger partial charge on any atom is -0.385 e. The number of ether oxygens (including phenoxy) is 1. The Labute approximate surface area is 102 Å². The summed E-state index contributed by atoms with van der Waals surface area (Å²) >= 11 is 0. The molecule has 0 heterocycles. The van der Waals surface area contributed by atoms with Crippen LogP contribution < -0.4 is 5.73 Å². The number of benzene rings is 1. The number of nitrogens with two attached hydrogens (primary N) is 1. The van der Waals surface area contributed by atoms with Crippen LogP contribution in [0.3, 0.4) is 0 Å². The molecule has 0 aliphatic heterocycles. The number of halogens is 1. The average molecular weight is 240 g/mol. The largest absolute Gasteiger partial charge is 0.385 e. The van der Waals surface area contributed by atoms with E-state index in [1.54, 1.807) is 19.2 Å². The lowest BCUT2D eigenvalue weighted by molar-refractivity contribution is 0.179. The van der Waals surface area contributed by atoms with E-state index in [9.17, 15) is 4.39 Å². The fourth-order valence-corrected chi connectivity index (χ4v) is 1.73. The van der Waals surface area contributed by atoms with Crippen LogP contribution in [0.1, 0.15) is 12.0 Å². The number of hydrogen-bond acceptors (Lipinski definition) is 3. The van der Waals surface area contributed by atoms with Crippen molar-refractivity contribution in [2.75, 3.05) is 27.3 Å². The molecule has 1 unspecified atom stereocenters. The molecule has 0 saturated carbocycles. The number of methoxy groups -OCH3 is 1. The first kappa shape index (κ1) is 14.1. The number of rotatable bonds is 7. The number of likely N-dealkylation sites (N-methyl/N-ethyl adjacent to an activating group) is 1. The summed E-state index contributed by atoms with van der Waals surface area (Å²) in [6.45, 7) is 2.27. The summed E-state index contributed by atoms with van der Waals surface area (Å²) in [5, 5.41) is 0. The van der Waals surface area contributed by atoms with Gasteiger partial charge in [0.25, 0.3) is 0 Å². The Morgan fingerprint density at radius 2 is 2.00 bits per heavy atom. The maximum Gasteiger partial charge on any atom is 0.123 e. The molecule has 0 aromatic heterocycles. The van der Waals surface area contributed by atoms with E-state index in [1.807, 2.05) is 7.05 Å². The third-order valence-corrected chi connectivity index (χ3v) is 2.60. The van der Waals surface area contributed by atoms with Crippen LogP contribution in [0.2, 0.25) is 0 Å². The van der Waals surface area contributed by atoms with Crippen LogP contribution in [0, 0.1) is 5.82 Å². The van der Waals surface area contributed by atoms with Crippen molar-refractivity contribution < 1.29 is 9.13 Å². The van der Waals surface area contributed by atoms with Gasteiger partial charge in [-0.1, -0.05) is 12.1 Å². The molecule has 0 radical (unpaired) electrons. The minimum atomic E-state index is -0.201. The van der Waals surface area contributed by atoms with E-state index in [0.29, 0.717) is 6.61 Å². The Hall–Kier alpha value is -0.970. The average Bonchev–Trinajstić information content (AvgIpc) is 2.29. The molecule has 17 heavy (non-hydrogen) atoms. The topological polar surface area (TPSA) is 38.5 Å². The van der Waals surface area contributed by atoms with Gasteiger partial charge in [-0.25, -0.2) is 4.39 Å². The number of hydrogen-bond donors (Lipinski definition) is 1. The highest BCUT2D eigenvalue weighted by molar-refractivity contribution is 5.15. The van der Waals surface area contributed by atoms with Crippen LogP contribution in [-0.4, -0.2) is 38.3 Å². The Bertz CT molecular complexity index is 316. The molecular formula is C13H21FN2O. The molecule has 0 spiro atoms. The highest BCUT2D eigenvalue weighted by atomic mass is 19.1. The molecule has 4 heteroatoms. The molecule has 0 bridgehead atoms. The van der Waals surface area contributed by atoms with E-state index in [0.717, 1.165) is 25.1 Å². The molecule has 0 amide bonds. The van der Waals surface area contributed by atoms with Crippen molar-refractivity contribution in [3.63, 3.8) is 0 Å². The minimum absolute atomic E-state index is 0.111. The molecule has 3 nitrogen and oxygen atoms in total. The third kappa shape index (κ3) is 5.77. The summed E-state index contributed by atoms with van der Waals surface area (Å²) < 4.78 is 17.7. The first-order valence-electron chi connectivity index (χ1n) is 5.79. The quantitative estimate of drug-likeness (QED) is 0.787. The summed E-state index contributed by atoms with van der Waals surface area (Å²) in [4.78, 5) is 2.13. The van der Waals surface area contributed by atoms with Gasteiger partial charge >= 0.3 is 0 Å². The predicted molar refractivity (Wildman–Crippen MR) is 67.2 cm³/mol. The fraction of sp³-hybridized carbons (Fsp3) is 0.538. The maximum atomic E-state index is 12.7. The van der Waals surface area contributed by atoms with Crippen molar-refractivity contribution in [3.05, 3.63) is 35.6 Å². The van der Waals surface area contributed by atoms with E-state index < -0.39 is 0 Å². The second-order valence-electron chi connectivity index (χ2n) is 4.36. The molecule has 1 aromatic rings. The van der Waals surface area contributed by atoms with E-state index >= 15 is 0 Å². The second kappa shape index (κ2) is 7.37. The summed E-state index contributed by atoms with van der Waals surface area (Å²) in [6.07, 6.45) is 0.851. The van der Waals surface area contributed by atoms with Crippen LogP contribution >= 0.6 is 0 Å². The van der Waals surface area contributed by atoms with Crippen LogP contribution in [0.15, 0.2) is 24.3 Å². The highest BCUT2D eigenvalue weighted by Crippen LogP contribution is 2.06. The normalized spacial score (nSPS) is 13.0. The van der Waals surface area contributed by atoms with Gasteiger partial charge in [0.1, 0.15) is 5.82 Å². The Morgan fingerprint density at radius 1 is 1.35 bits per heavy atom. The zero-order valence-electron chi connectivity index (χ0n) is 10.5. The van der Waals surface area contributed by atoms with Crippen molar-refractivity contribution >= 4 is 0 Å². The van der Waals surface area contributed by atoms with Gasteiger partial charge in [-0.2, -0.15) is 0 Å². The summed E-state index contributed by atoms with van der Waals surface area (Å²) in [6, 6.07) is 6.67. The third-order valence-electron chi connectivity index (χ3n) is 2.60. The maximum absolute atomic E-state index is 12.7. The summed E-state index contributed by atoms with van der Waals surface area (Å²) in [5.41, 5.74) is 7.05. The van der Waals surface area contributed by atoms with Crippen LogP contribution in [-0.2, 0) is 11.3 Å². The molecule has 2 N–H and O–H groups in total. The van der Waals surface area contributed by atoms with E-state index in [4.69, 9.17) is 10.5 Å². The molecule has 1 atom stereocenters. The Balaban J connectivity index is 2.33. The standard InChI is InChI=1S/C13H21FN2O/c1-16(10-13(15)7-8-17-2)9-11-3-5-12(14)6-4-11/h3-6,13H,7-10,15H2,1-2H3. The monoisotopic (exact) mass is 240 g/mol. The highest BCUT2D eigenvalue weighted by Gasteiger charge is 2.07. The molecule has 0 fully saturated rings. The van der Waals surface area contributed by atoms with E-state index in [-0.39, 0.29) is 11.9 Å². The lowest BCUT2D eigenvalue weighted by Crippen LogP contribution is -2.35. The lowest BCUT2D eigenvalue weighted by atomic mass is 10.2. The van der Waals surface area contributed by atoms with Crippen molar-refractivity contribution in [3.8, 4) is 0 Å². The second-order valence-corrected chi connectivity index (χ2v) is 4.36. The van der Waals surface area contributed by atoms with Crippen molar-refractivity contribution in [2.24, 2.45) is 5.73 Å². The van der Waals surface area contributed by atoms with Crippen molar-refractivity contribution in [1.29, 1.82) is 0 Å². The first-order valence-corrected chi connectivity index (χ1v) is 5.79. The molecule has 0 aliphatic rings. The van der Waals surface area contributed by atoms with Crippen LogP contribution in [0.4, 0.5) is 4.39 Å². The van der Waals surface area contributed by atoms with E-state index in [2.05, 4.69) is 4.90 Å². The molecule has 0 aliphatic carbocycles. The molecular weight excluding hydrogens is 219 g/mol. The van der Waals surface area contributed by atoms with Gasteiger partial charge in [-0.15, -0.1) is 0 Å². The Kier molecular flexibility index (Phi) is 6.11. The number of nitrogens with zero attached hydrogens (tertiary/aromatic N) is 1.